The van der Waals surface area contributed by atoms with Gasteiger partial charge < -0.3 is 4.74 Å². The fourth-order valence-electron chi connectivity index (χ4n) is 2.18. The van der Waals surface area contributed by atoms with Gasteiger partial charge in [-0.2, -0.15) is 5.26 Å². The molecule has 1 N–H and O–H groups in total. The summed E-state index contributed by atoms with van der Waals surface area (Å²) in [4.78, 5) is 0. The first-order valence-electron chi connectivity index (χ1n) is 5.59. The van der Waals surface area contributed by atoms with Gasteiger partial charge in [-0.25, -0.2) is 0 Å². The molecule has 0 bridgehead atoms. The van der Waals surface area contributed by atoms with Crippen LogP contribution in [-0.2, 0) is 5.54 Å². The number of benzene rings is 1. The Balaban J connectivity index is 2.46. The Morgan fingerprint density at radius 1 is 1.44 bits per heavy atom. The van der Waals surface area contributed by atoms with Crippen molar-refractivity contribution in [2.24, 2.45) is 0 Å². The normalized spacial score (nSPS) is 23.4. The highest BCUT2D eigenvalue weighted by Gasteiger charge is 2.38. The van der Waals surface area contributed by atoms with Gasteiger partial charge in [0.1, 0.15) is 11.3 Å². The fourth-order valence-corrected chi connectivity index (χ4v) is 2.18. The summed E-state index contributed by atoms with van der Waals surface area (Å²) >= 11 is 0. The van der Waals surface area contributed by atoms with Crippen LogP contribution in [0.5, 0.6) is 5.75 Å². The van der Waals surface area contributed by atoms with E-state index in [9.17, 15) is 5.26 Å². The first-order valence-corrected chi connectivity index (χ1v) is 5.59. The summed E-state index contributed by atoms with van der Waals surface area (Å²) in [6.07, 6.45) is 0.693. The first kappa shape index (κ1) is 11.0. The van der Waals surface area contributed by atoms with Gasteiger partial charge in [-0.3, -0.25) is 5.32 Å². The van der Waals surface area contributed by atoms with Gasteiger partial charge in [-0.05, 0) is 19.9 Å². The molecule has 1 unspecified atom stereocenters. The average Bonchev–Trinajstić information content (AvgIpc) is 2.29. The molecule has 0 radical (unpaired) electrons. The molecule has 1 heterocycles. The average molecular weight is 216 g/mol. The minimum Gasteiger partial charge on any atom is -0.493 e. The second kappa shape index (κ2) is 4.15. The zero-order valence-electron chi connectivity index (χ0n) is 9.66. The molecule has 0 aliphatic carbocycles. The minimum atomic E-state index is -0.594. The van der Waals surface area contributed by atoms with Crippen molar-refractivity contribution in [2.75, 3.05) is 6.61 Å². The topological polar surface area (TPSA) is 45.0 Å². The molecule has 0 fully saturated rings. The van der Waals surface area contributed by atoms with Crippen LogP contribution in [0.15, 0.2) is 24.3 Å². The molecule has 0 aromatic heterocycles. The van der Waals surface area contributed by atoms with Gasteiger partial charge >= 0.3 is 0 Å². The number of nitriles is 1. The Morgan fingerprint density at radius 2 is 2.19 bits per heavy atom. The summed E-state index contributed by atoms with van der Waals surface area (Å²) < 4.78 is 5.57. The lowest BCUT2D eigenvalue weighted by molar-refractivity contribution is 0.212. The SMILES string of the molecule is CC(C)NC1(C#N)CCOc2ccccc21. The lowest BCUT2D eigenvalue weighted by Gasteiger charge is -2.35. The lowest BCUT2D eigenvalue weighted by atomic mass is 9.85. The fraction of sp³-hybridized carbons (Fsp3) is 0.462. The van der Waals surface area contributed by atoms with E-state index in [1.165, 1.54) is 0 Å². The largest absolute Gasteiger partial charge is 0.493 e. The predicted molar refractivity (Wildman–Crippen MR) is 62.1 cm³/mol. The van der Waals surface area contributed by atoms with E-state index in [-0.39, 0.29) is 6.04 Å². The summed E-state index contributed by atoms with van der Waals surface area (Å²) in [6, 6.07) is 10.4. The van der Waals surface area contributed by atoms with Crippen molar-refractivity contribution in [2.45, 2.75) is 31.8 Å². The van der Waals surface area contributed by atoms with Crippen molar-refractivity contribution in [1.82, 2.24) is 5.32 Å². The zero-order chi connectivity index (χ0) is 11.6. The molecular weight excluding hydrogens is 200 g/mol. The third-order valence-corrected chi connectivity index (χ3v) is 2.81. The molecule has 84 valence electrons. The van der Waals surface area contributed by atoms with Gasteiger partial charge in [-0.15, -0.1) is 0 Å². The molecule has 16 heavy (non-hydrogen) atoms. The van der Waals surface area contributed by atoms with Crippen molar-refractivity contribution in [3.8, 4) is 11.8 Å². The summed E-state index contributed by atoms with van der Waals surface area (Å²) in [5, 5.41) is 12.8. The van der Waals surface area contributed by atoms with E-state index in [2.05, 4.69) is 25.2 Å². The molecular formula is C13H16N2O. The van der Waals surface area contributed by atoms with Crippen molar-refractivity contribution < 1.29 is 4.74 Å². The van der Waals surface area contributed by atoms with E-state index < -0.39 is 5.54 Å². The first-order chi connectivity index (χ1) is 7.68. The highest BCUT2D eigenvalue weighted by atomic mass is 16.5. The monoisotopic (exact) mass is 216 g/mol. The number of fused-ring (bicyclic) bond motifs is 1. The second-order valence-corrected chi connectivity index (χ2v) is 4.41. The maximum absolute atomic E-state index is 9.47. The van der Waals surface area contributed by atoms with E-state index >= 15 is 0 Å². The molecule has 3 heteroatoms. The van der Waals surface area contributed by atoms with Crippen molar-refractivity contribution in [3.05, 3.63) is 29.8 Å². The van der Waals surface area contributed by atoms with Gasteiger partial charge in [0.15, 0.2) is 0 Å². The molecule has 3 nitrogen and oxygen atoms in total. The number of hydrogen-bond donors (Lipinski definition) is 1. The quantitative estimate of drug-likeness (QED) is 0.824. The van der Waals surface area contributed by atoms with Gasteiger partial charge in [0, 0.05) is 18.0 Å². The smallest absolute Gasteiger partial charge is 0.139 e. The number of rotatable bonds is 2. The van der Waals surface area contributed by atoms with Gasteiger partial charge in [0.2, 0.25) is 0 Å². The summed E-state index contributed by atoms with van der Waals surface area (Å²) in [6.45, 7) is 4.69. The van der Waals surface area contributed by atoms with Crippen LogP contribution in [0.1, 0.15) is 25.8 Å². The molecule has 0 amide bonds. The van der Waals surface area contributed by atoms with Crippen LogP contribution in [0.2, 0.25) is 0 Å². The molecule has 2 rings (SSSR count). The Morgan fingerprint density at radius 3 is 2.88 bits per heavy atom. The standard InChI is InChI=1S/C13H16N2O/c1-10(2)15-13(9-14)7-8-16-12-6-4-3-5-11(12)13/h3-6,10,15H,7-8H2,1-2H3. The summed E-state index contributed by atoms with van der Waals surface area (Å²) in [5.41, 5.74) is 0.362. The second-order valence-electron chi connectivity index (χ2n) is 4.41. The van der Waals surface area contributed by atoms with E-state index in [4.69, 9.17) is 4.74 Å². The Hall–Kier alpha value is -1.53. The molecule has 1 aliphatic heterocycles. The third kappa shape index (κ3) is 1.77. The molecule has 1 aromatic carbocycles. The van der Waals surface area contributed by atoms with Gasteiger partial charge in [0.25, 0.3) is 0 Å². The summed E-state index contributed by atoms with van der Waals surface area (Å²) in [5.74, 6) is 0.823. The number of nitrogens with one attached hydrogen (secondary N) is 1. The van der Waals surface area contributed by atoms with Crippen LogP contribution in [0, 0.1) is 11.3 Å². The van der Waals surface area contributed by atoms with Crippen molar-refractivity contribution in [1.29, 1.82) is 5.26 Å². The van der Waals surface area contributed by atoms with E-state index in [1.807, 2.05) is 24.3 Å². The van der Waals surface area contributed by atoms with Crippen LogP contribution in [0.4, 0.5) is 0 Å². The zero-order valence-corrected chi connectivity index (χ0v) is 9.66. The van der Waals surface area contributed by atoms with Gasteiger partial charge in [0.05, 0.1) is 12.7 Å². The molecule has 1 aliphatic rings. The molecule has 0 saturated carbocycles. The molecule has 1 atom stereocenters. The highest BCUT2D eigenvalue weighted by molar-refractivity contribution is 5.44. The van der Waals surface area contributed by atoms with Gasteiger partial charge in [-0.1, -0.05) is 18.2 Å². The maximum atomic E-state index is 9.47. The Labute approximate surface area is 96.0 Å². The minimum absolute atomic E-state index is 0.269. The molecule has 0 spiro atoms. The van der Waals surface area contributed by atoms with E-state index in [1.54, 1.807) is 0 Å². The number of ether oxygens (including phenoxy) is 1. The molecule has 1 aromatic rings. The number of nitrogens with zero attached hydrogens (tertiary/aromatic N) is 1. The van der Waals surface area contributed by atoms with Crippen LogP contribution in [0.3, 0.4) is 0 Å². The Kier molecular flexibility index (Phi) is 2.84. The van der Waals surface area contributed by atoms with Crippen LogP contribution >= 0.6 is 0 Å². The van der Waals surface area contributed by atoms with Crippen molar-refractivity contribution in [3.63, 3.8) is 0 Å². The highest BCUT2D eigenvalue weighted by Crippen LogP contribution is 2.36. The number of para-hydroxylation sites is 1. The lowest BCUT2D eigenvalue weighted by Crippen LogP contribution is -2.47. The predicted octanol–water partition coefficient (Wildman–Crippen LogP) is 2.19. The van der Waals surface area contributed by atoms with E-state index in [0.29, 0.717) is 13.0 Å². The van der Waals surface area contributed by atoms with Crippen molar-refractivity contribution >= 4 is 0 Å². The third-order valence-electron chi connectivity index (χ3n) is 2.81. The van der Waals surface area contributed by atoms with E-state index in [0.717, 1.165) is 11.3 Å². The van der Waals surface area contributed by atoms with Crippen LogP contribution in [0.25, 0.3) is 0 Å². The maximum Gasteiger partial charge on any atom is 0.139 e. The molecule has 0 saturated heterocycles. The summed E-state index contributed by atoms with van der Waals surface area (Å²) in [7, 11) is 0. The van der Waals surface area contributed by atoms with Crippen LogP contribution < -0.4 is 10.1 Å². The number of hydrogen-bond acceptors (Lipinski definition) is 3. The van der Waals surface area contributed by atoms with Crippen LogP contribution in [-0.4, -0.2) is 12.6 Å². The Bertz CT molecular complexity index is 422.